The van der Waals surface area contributed by atoms with Crippen molar-refractivity contribution < 1.29 is 24.6 Å². The van der Waals surface area contributed by atoms with Gasteiger partial charge >= 0.3 is 11.9 Å². The number of carbonyl (C=O) groups excluding carboxylic acids is 1. The van der Waals surface area contributed by atoms with E-state index in [4.69, 9.17) is 10.2 Å². The predicted molar refractivity (Wildman–Crippen MR) is 63.0 cm³/mol. The van der Waals surface area contributed by atoms with Gasteiger partial charge in [0, 0.05) is 12.5 Å². The minimum atomic E-state index is -1.11. The van der Waals surface area contributed by atoms with Crippen LogP contribution in [-0.2, 0) is 14.4 Å². The zero-order valence-corrected chi connectivity index (χ0v) is 10.3. The highest BCUT2D eigenvalue weighted by Crippen LogP contribution is 2.25. The van der Waals surface area contributed by atoms with Gasteiger partial charge in [-0.05, 0) is 12.8 Å². The molecule has 6 heteroatoms. The molecule has 6 nitrogen and oxygen atoms in total. The number of carbonyl (C=O) groups is 3. The first-order valence-electron chi connectivity index (χ1n) is 6.23. The summed E-state index contributed by atoms with van der Waals surface area (Å²) in [4.78, 5) is 34.5. The summed E-state index contributed by atoms with van der Waals surface area (Å²) >= 11 is 0. The molecular formula is C12H19NO5. The van der Waals surface area contributed by atoms with Gasteiger partial charge in [0.2, 0.25) is 5.91 Å². The molecule has 102 valence electrons. The van der Waals surface area contributed by atoms with Crippen LogP contribution in [0.3, 0.4) is 0 Å². The molecule has 0 spiro atoms. The van der Waals surface area contributed by atoms with E-state index in [2.05, 4.69) is 0 Å². The first-order chi connectivity index (χ1) is 8.50. The summed E-state index contributed by atoms with van der Waals surface area (Å²) in [6.07, 6.45) is 4.42. The average molecular weight is 257 g/mol. The number of carboxylic acid groups (broad SMARTS) is 2. The van der Waals surface area contributed by atoms with E-state index in [9.17, 15) is 14.4 Å². The standard InChI is InChI=1S/C12H19NO5/c14-10(15)6-7-13(8-11(16)17)12(18)9-4-2-1-3-5-9/h9H,1-8H2,(H,14,15)(H,16,17). The highest BCUT2D eigenvalue weighted by molar-refractivity contribution is 5.83. The molecule has 1 rings (SSSR count). The lowest BCUT2D eigenvalue weighted by Crippen LogP contribution is -2.41. The van der Waals surface area contributed by atoms with Crippen molar-refractivity contribution in [1.82, 2.24) is 4.90 Å². The Hall–Kier alpha value is -1.59. The van der Waals surface area contributed by atoms with Crippen LogP contribution in [0.4, 0.5) is 0 Å². The van der Waals surface area contributed by atoms with Crippen LogP contribution in [-0.4, -0.2) is 46.0 Å². The van der Waals surface area contributed by atoms with Crippen molar-refractivity contribution in [2.45, 2.75) is 38.5 Å². The molecule has 1 aliphatic rings. The molecule has 1 aliphatic carbocycles. The third-order valence-corrected chi connectivity index (χ3v) is 3.19. The lowest BCUT2D eigenvalue weighted by molar-refractivity contribution is -0.148. The number of aliphatic carboxylic acids is 2. The Kier molecular flexibility index (Phi) is 5.61. The maximum atomic E-state index is 12.1. The van der Waals surface area contributed by atoms with Crippen LogP contribution in [0.1, 0.15) is 38.5 Å². The van der Waals surface area contributed by atoms with Gasteiger partial charge in [0.05, 0.1) is 6.42 Å². The molecule has 0 unspecified atom stereocenters. The molecule has 0 radical (unpaired) electrons. The first-order valence-corrected chi connectivity index (χ1v) is 6.23. The van der Waals surface area contributed by atoms with Gasteiger partial charge in [-0.1, -0.05) is 19.3 Å². The summed E-state index contributed by atoms with van der Waals surface area (Å²) in [5, 5.41) is 17.4. The van der Waals surface area contributed by atoms with Crippen LogP contribution in [0.2, 0.25) is 0 Å². The van der Waals surface area contributed by atoms with Crippen molar-refractivity contribution in [2.24, 2.45) is 5.92 Å². The summed E-state index contributed by atoms with van der Waals surface area (Å²) in [5.41, 5.74) is 0. The zero-order valence-electron chi connectivity index (χ0n) is 10.3. The summed E-state index contributed by atoms with van der Waals surface area (Å²) in [6, 6.07) is 0. The number of nitrogens with zero attached hydrogens (tertiary/aromatic N) is 1. The lowest BCUT2D eigenvalue weighted by atomic mass is 9.88. The molecule has 0 aliphatic heterocycles. The van der Waals surface area contributed by atoms with E-state index >= 15 is 0 Å². The molecule has 1 amide bonds. The van der Waals surface area contributed by atoms with Crippen LogP contribution >= 0.6 is 0 Å². The minimum absolute atomic E-state index is 0.0308. The number of hydrogen-bond donors (Lipinski definition) is 2. The Morgan fingerprint density at radius 3 is 2.11 bits per heavy atom. The van der Waals surface area contributed by atoms with Crippen LogP contribution in [0, 0.1) is 5.92 Å². The zero-order chi connectivity index (χ0) is 13.5. The van der Waals surface area contributed by atoms with Gasteiger partial charge in [-0.2, -0.15) is 0 Å². The Morgan fingerprint density at radius 2 is 1.61 bits per heavy atom. The second kappa shape index (κ2) is 6.98. The smallest absolute Gasteiger partial charge is 0.323 e. The summed E-state index contributed by atoms with van der Waals surface area (Å²) in [5.74, 6) is -2.48. The van der Waals surface area contributed by atoms with Crippen molar-refractivity contribution in [3.8, 4) is 0 Å². The third kappa shape index (κ3) is 4.73. The molecule has 1 fully saturated rings. The fraction of sp³-hybridized carbons (Fsp3) is 0.750. The fourth-order valence-electron chi connectivity index (χ4n) is 2.27. The Balaban J connectivity index is 2.58. The monoisotopic (exact) mass is 257 g/mol. The maximum Gasteiger partial charge on any atom is 0.323 e. The van der Waals surface area contributed by atoms with Crippen molar-refractivity contribution in [3.63, 3.8) is 0 Å². The molecule has 2 N–H and O–H groups in total. The normalized spacial score (nSPS) is 16.2. The van der Waals surface area contributed by atoms with Crippen LogP contribution in [0.15, 0.2) is 0 Å². The van der Waals surface area contributed by atoms with Crippen LogP contribution < -0.4 is 0 Å². The van der Waals surface area contributed by atoms with Gasteiger partial charge in [-0.15, -0.1) is 0 Å². The van der Waals surface area contributed by atoms with Gasteiger partial charge in [0.1, 0.15) is 6.54 Å². The van der Waals surface area contributed by atoms with Crippen LogP contribution in [0.25, 0.3) is 0 Å². The molecule has 0 heterocycles. The summed E-state index contributed by atoms with van der Waals surface area (Å²) in [7, 11) is 0. The van der Waals surface area contributed by atoms with Gasteiger partial charge in [0.15, 0.2) is 0 Å². The minimum Gasteiger partial charge on any atom is -0.481 e. The number of rotatable bonds is 6. The van der Waals surface area contributed by atoms with E-state index in [0.717, 1.165) is 37.0 Å². The molecule has 0 atom stereocenters. The molecule has 1 saturated carbocycles. The second-order valence-corrected chi connectivity index (χ2v) is 4.63. The molecule has 0 bridgehead atoms. The molecule has 0 aromatic heterocycles. The van der Waals surface area contributed by atoms with E-state index in [-0.39, 0.29) is 24.8 Å². The van der Waals surface area contributed by atoms with Crippen molar-refractivity contribution in [2.75, 3.05) is 13.1 Å². The van der Waals surface area contributed by atoms with Gasteiger partial charge < -0.3 is 15.1 Å². The first kappa shape index (κ1) is 14.5. The van der Waals surface area contributed by atoms with Crippen molar-refractivity contribution in [3.05, 3.63) is 0 Å². The SMILES string of the molecule is O=C(O)CCN(CC(=O)O)C(=O)C1CCCCC1. The quantitative estimate of drug-likeness (QED) is 0.738. The van der Waals surface area contributed by atoms with Crippen molar-refractivity contribution in [1.29, 1.82) is 0 Å². The van der Waals surface area contributed by atoms with E-state index in [0.29, 0.717) is 0 Å². The average Bonchev–Trinajstić information content (AvgIpc) is 2.34. The largest absolute Gasteiger partial charge is 0.481 e. The Labute approximate surface area is 106 Å². The highest BCUT2D eigenvalue weighted by Gasteiger charge is 2.27. The molecular weight excluding hydrogens is 238 g/mol. The summed E-state index contributed by atoms with van der Waals surface area (Å²) in [6.45, 7) is -0.445. The second-order valence-electron chi connectivity index (χ2n) is 4.63. The van der Waals surface area contributed by atoms with Gasteiger partial charge in [0.25, 0.3) is 0 Å². The predicted octanol–water partition coefficient (Wildman–Crippen LogP) is 0.955. The van der Waals surface area contributed by atoms with Gasteiger partial charge in [-0.3, -0.25) is 14.4 Å². The third-order valence-electron chi connectivity index (χ3n) is 3.19. The number of carboxylic acids is 2. The molecule has 0 aromatic carbocycles. The maximum absolute atomic E-state index is 12.1. The number of amides is 1. The summed E-state index contributed by atoms with van der Waals surface area (Å²) < 4.78 is 0. The molecule has 0 aromatic rings. The Bertz CT molecular complexity index is 322. The van der Waals surface area contributed by atoms with Gasteiger partial charge in [-0.25, -0.2) is 0 Å². The topological polar surface area (TPSA) is 94.9 Å². The molecule has 0 saturated heterocycles. The van der Waals surface area contributed by atoms with E-state index in [1.54, 1.807) is 0 Å². The van der Waals surface area contributed by atoms with E-state index in [1.807, 2.05) is 0 Å². The number of hydrogen-bond acceptors (Lipinski definition) is 3. The molecule has 18 heavy (non-hydrogen) atoms. The fourth-order valence-corrected chi connectivity index (χ4v) is 2.27. The van der Waals surface area contributed by atoms with Crippen molar-refractivity contribution >= 4 is 17.8 Å². The lowest BCUT2D eigenvalue weighted by Gasteiger charge is -2.27. The van der Waals surface area contributed by atoms with E-state index < -0.39 is 18.5 Å². The Morgan fingerprint density at radius 1 is 1.00 bits per heavy atom. The highest BCUT2D eigenvalue weighted by atomic mass is 16.4. The van der Waals surface area contributed by atoms with Crippen LogP contribution in [0.5, 0.6) is 0 Å². The van der Waals surface area contributed by atoms with E-state index in [1.165, 1.54) is 0 Å².